The number of carbonyl (C=O) groups is 1. The van der Waals surface area contributed by atoms with Gasteiger partial charge in [0.15, 0.2) is 0 Å². The number of rotatable bonds is 4. The predicted octanol–water partition coefficient (Wildman–Crippen LogP) is 2.32. The Kier molecular flexibility index (Phi) is 4.37. The fourth-order valence-corrected chi connectivity index (χ4v) is 2.57. The van der Waals surface area contributed by atoms with E-state index in [1.807, 2.05) is 24.3 Å². The van der Waals surface area contributed by atoms with Gasteiger partial charge in [0.05, 0.1) is 7.11 Å². The average Bonchev–Trinajstić information content (AvgIpc) is 2.39. The van der Waals surface area contributed by atoms with Gasteiger partial charge in [-0.25, -0.2) is 0 Å². The van der Waals surface area contributed by atoms with Crippen molar-refractivity contribution in [3.8, 4) is 5.75 Å². The van der Waals surface area contributed by atoms with Crippen LogP contribution in [0.1, 0.15) is 31.2 Å². The fourth-order valence-electron chi connectivity index (χ4n) is 2.57. The van der Waals surface area contributed by atoms with Crippen LogP contribution in [0.2, 0.25) is 0 Å². The Bertz CT molecular complexity index is 409. The van der Waals surface area contributed by atoms with Crippen LogP contribution in [-0.2, 0) is 11.2 Å². The number of nitrogens with two attached hydrogens (primary N) is 1. The minimum Gasteiger partial charge on any atom is -0.497 e. The molecule has 0 unspecified atom stereocenters. The van der Waals surface area contributed by atoms with Crippen molar-refractivity contribution < 1.29 is 9.53 Å². The number of benzene rings is 1. The molecule has 1 aromatic rings. The molecule has 1 aromatic carbocycles. The number of hydrogen-bond donors (Lipinski definition) is 1. The highest BCUT2D eigenvalue weighted by molar-refractivity contribution is 5.83. The van der Waals surface area contributed by atoms with E-state index in [2.05, 4.69) is 0 Å². The minimum atomic E-state index is 0.205. The number of hydrogen-bond acceptors (Lipinski definition) is 3. The summed E-state index contributed by atoms with van der Waals surface area (Å²) < 4.78 is 5.17. The van der Waals surface area contributed by atoms with Crippen LogP contribution in [0.15, 0.2) is 24.3 Å². The lowest BCUT2D eigenvalue weighted by Crippen LogP contribution is -2.30. The van der Waals surface area contributed by atoms with Gasteiger partial charge in [-0.3, -0.25) is 4.79 Å². The number of methoxy groups -OCH3 is 1. The molecule has 2 rings (SSSR count). The molecule has 3 heteroatoms. The Labute approximate surface area is 108 Å². The molecule has 0 amide bonds. The van der Waals surface area contributed by atoms with E-state index < -0.39 is 0 Å². The molecule has 0 radical (unpaired) electrons. The first-order chi connectivity index (χ1) is 8.69. The molecule has 0 saturated heterocycles. The maximum Gasteiger partial charge on any atom is 0.140 e. The molecular weight excluding hydrogens is 226 g/mol. The van der Waals surface area contributed by atoms with E-state index in [1.54, 1.807) is 7.11 Å². The van der Waals surface area contributed by atoms with E-state index in [9.17, 15) is 4.79 Å². The molecule has 0 bridgehead atoms. The molecular formula is C15H21NO2. The summed E-state index contributed by atoms with van der Waals surface area (Å²) >= 11 is 0. The van der Waals surface area contributed by atoms with Crippen molar-refractivity contribution in [3.05, 3.63) is 29.8 Å². The Morgan fingerprint density at radius 3 is 2.72 bits per heavy atom. The number of carbonyl (C=O) groups excluding carboxylic acids is 1. The van der Waals surface area contributed by atoms with Crippen LogP contribution in [0.4, 0.5) is 0 Å². The van der Waals surface area contributed by atoms with Crippen LogP contribution in [-0.4, -0.2) is 18.9 Å². The summed E-state index contributed by atoms with van der Waals surface area (Å²) in [4.78, 5) is 12.2. The summed E-state index contributed by atoms with van der Waals surface area (Å²) in [5.74, 6) is 1.36. The second kappa shape index (κ2) is 6.01. The molecule has 0 atom stereocenters. The number of ether oxygens (including phenoxy) is 1. The van der Waals surface area contributed by atoms with Gasteiger partial charge < -0.3 is 10.5 Å². The monoisotopic (exact) mass is 247 g/mol. The third-order valence-corrected chi connectivity index (χ3v) is 3.74. The average molecular weight is 247 g/mol. The summed E-state index contributed by atoms with van der Waals surface area (Å²) in [5, 5.41) is 0. The maximum atomic E-state index is 12.2. The lowest BCUT2D eigenvalue weighted by molar-refractivity contribution is -0.123. The molecule has 0 aliphatic heterocycles. The van der Waals surface area contributed by atoms with Gasteiger partial charge in [0.2, 0.25) is 0 Å². The standard InChI is InChI=1S/C15H21NO2/c1-18-14-4-2-3-11(9-14)10-15(17)12-5-7-13(16)8-6-12/h2-4,9,12-13H,5-8,10,16H2,1H3. The number of Topliss-reactive ketones (excluding diaryl/α,β-unsaturated/α-hetero) is 1. The maximum absolute atomic E-state index is 12.2. The Morgan fingerprint density at radius 2 is 2.06 bits per heavy atom. The lowest BCUT2D eigenvalue weighted by atomic mass is 9.82. The lowest BCUT2D eigenvalue weighted by Gasteiger charge is -2.25. The smallest absolute Gasteiger partial charge is 0.140 e. The zero-order valence-corrected chi connectivity index (χ0v) is 10.9. The largest absolute Gasteiger partial charge is 0.497 e. The first-order valence-corrected chi connectivity index (χ1v) is 6.60. The van der Waals surface area contributed by atoms with Crippen LogP contribution in [0.25, 0.3) is 0 Å². The van der Waals surface area contributed by atoms with Gasteiger partial charge in [0.25, 0.3) is 0 Å². The van der Waals surface area contributed by atoms with E-state index in [-0.39, 0.29) is 5.92 Å². The SMILES string of the molecule is COc1cccc(CC(=O)C2CCC(N)CC2)c1. The molecule has 0 spiro atoms. The van der Waals surface area contributed by atoms with Gasteiger partial charge in [-0.1, -0.05) is 12.1 Å². The summed E-state index contributed by atoms with van der Waals surface area (Å²) in [6.45, 7) is 0. The zero-order valence-electron chi connectivity index (χ0n) is 10.9. The summed E-state index contributed by atoms with van der Waals surface area (Å²) in [7, 11) is 1.64. The highest BCUT2D eigenvalue weighted by atomic mass is 16.5. The highest BCUT2D eigenvalue weighted by Gasteiger charge is 2.24. The molecule has 1 fully saturated rings. The molecule has 0 aromatic heterocycles. The van der Waals surface area contributed by atoms with Crippen molar-refractivity contribution in [2.24, 2.45) is 11.7 Å². The van der Waals surface area contributed by atoms with Gasteiger partial charge in [-0.2, -0.15) is 0 Å². The van der Waals surface area contributed by atoms with Gasteiger partial charge in [-0.05, 0) is 43.4 Å². The van der Waals surface area contributed by atoms with E-state index >= 15 is 0 Å². The third kappa shape index (κ3) is 3.33. The predicted molar refractivity (Wildman–Crippen MR) is 71.6 cm³/mol. The van der Waals surface area contributed by atoms with Gasteiger partial charge in [0.1, 0.15) is 11.5 Å². The minimum absolute atomic E-state index is 0.205. The van der Waals surface area contributed by atoms with Crippen LogP contribution < -0.4 is 10.5 Å². The molecule has 98 valence electrons. The Balaban J connectivity index is 1.94. The molecule has 3 nitrogen and oxygen atoms in total. The summed E-state index contributed by atoms with van der Waals surface area (Å²) in [6.07, 6.45) is 4.37. The molecule has 1 aliphatic carbocycles. The number of ketones is 1. The molecule has 1 saturated carbocycles. The van der Waals surface area contributed by atoms with Crippen LogP contribution >= 0.6 is 0 Å². The normalized spacial score (nSPS) is 23.7. The van der Waals surface area contributed by atoms with Crippen LogP contribution in [0.5, 0.6) is 5.75 Å². The topological polar surface area (TPSA) is 52.3 Å². The van der Waals surface area contributed by atoms with E-state index in [1.165, 1.54) is 0 Å². The quantitative estimate of drug-likeness (QED) is 0.888. The van der Waals surface area contributed by atoms with Crippen molar-refractivity contribution in [3.63, 3.8) is 0 Å². The van der Waals surface area contributed by atoms with E-state index in [4.69, 9.17) is 10.5 Å². The zero-order chi connectivity index (χ0) is 13.0. The van der Waals surface area contributed by atoms with E-state index in [0.717, 1.165) is 37.0 Å². The molecule has 2 N–H and O–H groups in total. The van der Waals surface area contributed by atoms with Gasteiger partial charge in [0, 0.05) is 18.4 Å². The van der Waals surface area contributed by atoms with Crippen LogP contribution in [0, 0.1) is 5.92 Å². The summed E-state index contributed by atoms with van der Waals surface area (Å²) in [5.41, 5.74) is 6.90. The Morgan fingerprint density at radius 1 is 1.33 bits per heavy atom. The molecule has 0 heterocycles. The second-order valence-corrected chi connectivity index (χ2v) is 5.11. The summed E-state index contributed by atoms with van der Waals surface area (Å²) in [6, 6.07) is 8.04. The first-order valence-electron chi connectivity index (χ1n) is 6.60. The second-order valence-electron chi connectivity index (χ2n) is 5.11. The molecule has 18 heavy (non-hydrogen) atoms. The first kappa shape index (κ1) is 13.1. The Hall–Kier alpha value is -1.35. The van der Waals surface area contributed by atoms with Crippen LogP contribution in [0.3, 0.4) is 0 Å². The van der Waals surface area contributed by atoms with Crippen molar-refractivity contribution in [2.45, 2.75) is 38.1 Å². The van der Waals surface area contributed by atoms with E-state index in [0.29, 0.717) is 18.2 Å². The molecule has 1 aliphatic rings. The van der Waals surface area contributed by atoms with Crippen molar-refractivity contribution in [2.75, 3.05) is 7.11 Å². The highest BCUT2D eigenvalue weighted by Crippen LogP contribution is 2.25. The van der Waals surface area contributed by atoms with Crippen molar-refractivity contribution in [1.82, 2.24) is 0 Å². The van der Waals surface area contributed by atoms with Crippen molar-refractivity contribution >= 4 is 5.78 Å². The third-order valence-electron chi connectivity index (χ3n) is 3.74. The van der Waals surface area contributed by atoms with Crippen molar-refractivity contribution in [1.29, 1.82) is 0 Å². The fraction of sp³-hybridized carbons (Fsp3) is 0.533. The van der Waals surface area contributed by atoms with Gasteiger partial charge >= 0.3 is 0 Å². The van der Waals surface area contributed by atoms with Gasteiger partial charge in [-0.15, -0.1) is 0 Å².